The lowest BCUT2D eigenvalue weighted by Gasteiger charge is -2.13. The van der Waals surface area contributed by atoms with Gasteiger partial charge in [-0.15, -0.1) is 0 Å². The predicted octanol–water partition coefficient (Wildman–Crippen LogP) is 2.88. The Morgan fingerprint density at radius 3 is 2.69 bits per heavy atom. The smallest absolute Gasteiger partial charge is 0.338 e. The molecule has 0 aliphatic heterocycles. The van der Waals surface area contributed by atoms with Crippen LogP contribution < -0.4 is 10.1 Å². The quantitative estimate of drug-likeness (QED) is 0.456. The third kappa shape index (κ3) is 4.71. The summed E-state index contributed by atoms with van der Waals surface area (Å²) in [5.74, 6) is -1.20. The zero-order valence-electron chi connectivity index (χ0n) is 15.1. The van der Waals surface area contributed by atoms with Crippen LogP contribution in [0.3, 0.4) is 0 Å². The minimum absolute atomic E-state index is 0.0628. The Bertz CT molecular complexity index is 1070. The van der Waals surface area contributed by atoms with E-state index < -0.39 is 22.8 Å². The van der Waals surface area contributed by atoms with Crippen LogP contribution >= 0.6 is 0 Å². The van der Waals surface area contributed by atoms with E-state index >= 15 is 0 Å². The van der Waals surface area contributed by atoms with Gasteiger partial charge in [-0.25, -0.2) is 4.79 Å². The number of hydrogen-bond donors (Lipinski definition) is 2. The topological polar surface area (TPSA) is 149 Å². The normalized spacial score (nSPS) is 11.5. The minimum Gasteiger partial charge on any atom is -0.478 e. The van der Waals surface area contributed by atoms with E-state index in [0.29, 0.717) is 5.75 Å². The largest absolute Gasteiger partial charge is 0.478 e. The highest BCUT2D eigenvalue weighted by molar-refractivity contribution is 5.94. The Balaban J connectivity index is 1.82. The summed E-state index contributed by atoms with van der Waals surface area (Å²) < 4.78 is 6.75. The molecule has 1 unspecified atom stereocenters. The molecule has 0 radical (unpaired) electrons. The molecule has 1 atom stereocenters. The number of carbonyl (C=O) groups excluding carboxylic acids is 1. The fourth-order valence-corrected chi connectivity index (χ4v) is 2.39. The molecular weight excluding hydrogens is 382 g/mol. The number of aromatic nitrogens is 3. The summed E-state index contributed by atoms with van der Waals surface area (Å²) in [6.07, 6.45) is 5.34. The van der Waals surface area contributed by atoms with Crippen molar-refractivity contribution in [3.05, 3.63) is 70.8 Å². The molecule has 0 saturated heterocycles. The van der Waals surface area contributed by atoms with Crippen LogP contribution in [0.25, 0.3) is 0 Å². The Labute approximate surface area is 163 Å². The number of ether oxygens (including phenoxy) is 1. The number of nitrogens with zero attached hydrogens (tertiary/aromatic N) is 4. The van der Waals surface area contributed by atoms with Gasteiger partial charge in [0.25, 0.3) is 5.69 Å². The fraction of sp³-hybridized carbons (Fsp3) is 0.111. The molecule has 0 aliphatic carbocycles. The SMILES string of the molecule is CC(C(=O)Nc1cc(Oc2cccnc2)cc([N+](=O)[O-])c1)n1cc(C(=O)O)cn1. The first-order valence-electron chi connectivity index (χ1n) is 8.29. The highest BCUT2D eigenvalue weighted by atomic mass is 16.6. The van der Waals surface area contributed by atoms with Gasteiger partial charge in [0.1, 0.15) is 17.5 Å². The van der Waals surface area contributed by atoms with Crippen molar-refractivity contribution in [3.63, 3.8) is 0 Å². The van der Waals surface area contributed by atoms with Crippen LogP contribution in [0.2, 0.25) is 0 Å². The molecule has 1 amide bonds. The number of nitrogens with one attached hydrogen (secondary N) is 1. The lowest BCUT2D eigenvalue weighted by atomic mass is 10.2. The van der Waals surface area contributed by atoms with E-state index in [0.717, 1.165) is 6.20 Å². The second-order valence-electron chi connectivity index (χ2n) is 5.94. The van der Waals surface area contributed by atoms with Gasteiger partial charge in [-0.3, -0.25) is 24.6 Å². The molecule has 3 rings (SSSR count). The summed E-state index contributed by atoms with van der Waals surface area (Å²) in [6, 6.07) is 6.25. The minimum atomic E-state index is -1.17. The molecule has 2 heterocycles. The number of anilines is 1. The molecule has 3 aromatic rings. The molecule has 11 nitrogen and oxygen atoms in total. The zero-order valence-corrected chi connectivity index (χ0v) is 15.1. The molecule has 0 fully saturated rings. The summed E-state index contributed by atoms with van der Waals surface area (Å²) in [7, 11) is 0. The van der Waals surface area contributed by atoms with Crippen molar-refractivity contribution < 1.29 is 24.4 Å². The van der Waals surface area contributed by atoms with E-state index in [1.165, 1.54) is 42.2 Å². The Hall–Kier alpha value is -4.28. The standard InChI is InChI=1S/C18H15N5O6/c1-11(22-10-12(8-20-22)18(25)26)17(24)21-13-5-14(23(27)28)7-16(6-13)29-15-3-2-4-19-9-15/h2-11H,1H3,(H,21,24)(H,25,26). The van der Waals surface area contributed by atoms with Crippen molar-refractivity contribution in [1.82, 2.24) is 14.8 Å². The number of pyridine rings is 1. The molecule has 29 heavy (non-hydrogen) atoms. The van der Waals surface area contributed by atoms with Gasteiger partial charge in [0.05, 0.1) is 34.6 Å². The summed E-state index contributed by atoms with van der Waals surface area (Å²) in [5.41, 5.74) is -0.200. The van der Waals surface area contributed by atoms with E-state index in [1.54, 1.807) is 18.3 Å². The van der Waals surface area contributed by atoms with Crippen LogP contribution in [-0.4, -0.2) is 36.7 Å². The number of nitro benzene ring substituents is 1. The van der Waals surface area contributed by atoms with Gasteiger partial charge in [-0.1, -0.05) is 0 Å². The number of non-ortho nitro benzene ring substituents is 1. The number of nitro groups is 1. The van der Waals surface area contributed by atoms with E-state index in [1.807, 2.05) is 0 Å². The van der Waals surface area contributed by atoms with Crippen LogP contribution in [0.4, 0.5) is 11.4 Å². The van der Waals surface area contributed by atoms with Crippen molar-refractivity contribution in [2.45, 2.75) is 13.0 Å². The Kier molecular flexibility index (Phi) is 5.49. The first-order valence-corrected chi connectivity index (χ1v) is 8.29. The van der Waals surface area contributed by atoms with E-state index in [9.17, 15) is 19.7 Å². The number of benzene rings is 1. The molecule has 2 N–H and O–H groups in total. The van der Waals surface area contributed by atoms with Crippen LogP contribution in [0.15, 0.2) is 55.1 Å². The maximum atomic E-state index is 12.5. The molecule has 1 aromatic carbocycles. The third-order valence-electron chi connectivity index (χ3n) is 3.86. The molecule has 0 bridgehead atoms. The van der Waals surface area contributed by atoms with E-state index in [-0.39, 0.29) is 22.7 Å². The van der Waals surface area contributed by atoms with E-state index in [2.05, 4.69) is 15.4 Å². The Morgan fingerprint density at radius 1 is 1.28 bits per heavy atom. The maximum absolute atomic E-state index is 12.5. The Morgan fingerprint density at radius 2 is 2.07 bits per heavy atom. The summed E-state index contributed by atoms with van der Waals surface area (Å²) in [4.78, 5) is 38.0. The molecular formula is C18H15N5O6. The average Bonchev–Trinajstić information content (AvgIpc) is 3.18. The van der Waals surface area contributed by atoms with Crippen molar-refractivity contribution in [1.29, 1.82) is 0 Å². The molecule has 0 aliphatic rings. The number of rotatable bonds is 7. The third-order valence-corrected chi connectivity index (χ3v) is 3.86. The highest BCUT2D eigenvalue weighted by Crippen LogP contribution is 2.29. The highest BCUT2D eigenvalue weighted by Gasteiger charge is 2.19. The molecule has 11 heteroatoms. The second kappa shape index (κ2) is 8.17. The van der Waals surface area contributed by atoms with Crippen LogP contribution in [-0.2, 0) is 4.79 Å². The molecule has 2 aromatic heterocycles. The molecule has 0 spiro atoms. The molecule has 148 valence electrons. The lowest BCUT2D eigenvalue weighted by molar-refractivity contribution is -0.384. The van der Waals surface area contributed by atoms with Crippen LogP contribution in [0, 0.1) is 10.1 Å². The van der Waals surface area contributed by atoms with Gasteiger partial charge in [-0.05, 0) is 19.1 Å². The van der Waals surface area contributed by atoms with Gasteiger partial charge in [0.15, 0.2) is 0 Å². The fourth-order valence-electron chi connectivity index (χ4n) is 2.39. The zero-order chi connectivity index (χ0) is 21.0. The van der Waals surface area contributed by atoms with Gasteiger partial charge >= 0.3 is 5.97 Å². The number of hydrogen-bond acceptors (Lipinski definition) is 7. The number of carbonyl (C=O) groups is 2. The summed E-state index contributed by atoms with van der Waals surface area (Å²) in [5, 5.41) is 26.6. The lowest BCUT2D eigenvalue weighted by Crippen LogP contribution is -2.24. The van der Waals surface area contributed by atoms with E-state index in [4.69, 9.17) is 9.84 Å². The maximum Gasteiger partial charge on any atom is 0.338 e. The van der Waals surface area contributed by atoms with Gasteiger partial charge in [-0.2, -0.15) is 5.10 Å². The predicted molar refractivity (Wildman–Crippen MR) is 99.9 cm³/mol. The van der Waals surface area contributed by atoms with Crippen molar-refractivity contribution in [3.8, 4) is 11.5 Å². The summed E-state index contributed by atoms with van der Waals surface area (Å²) in [6.45, 7) is 1.51. The van der Waals surface area contributed by atoms with Crippen LogP contribution in [0.1, 0.15) is 23.3 Å². The summed E-state index contributed by atoms with van der Waals surface area (Å²) >= 11 is 0. The monoisotopic (exact) mass is 397 g/mol. The number of amides is 1. The number of carboxylic acid groups (broad SMARTS) is 1. The van der Waals surface area contributed by atoms with Crippen molar-refractivity contribution >= 4 is 23.3 Å². The van der Waals surface area contributed by atoms with Gasteiger partial charge < -0.3 is 15.2 Å². The average molecular weight is 397 g/mol. The first kappa shape index (κ1) is 19.5. The molecule has 0 saturated carbocycles. The first-order chi connectivity index (χ1) is 13.8. The van der Waals surface area contributed by atoms with Gasteiger partial charge in [0.2, 0.25) is 5.91 Å². The van der Waals surface area contributed by atoms with Crippen molar-refractivity contribution in [2.24, 2.45) is 0 Å². The number of carboxylic acids is 1. The van der Waals surface area contributed by atoms with Crippen LogP contribution in [0.5, 0.6) is 11.5 Å². The second-order valence-corrected chi connectivity index (χ2v) is 5.94. The van der Waals surface area contributed by atoms with Crippen molar-refractivity contribution in [2.75, 3.05) is 5.32 Å². The number of aromatic carboxylic acids is 1. The van der Waals surface area contributed by atoms with Gasteiger partial charge in [0, 0.05) is 24.5 Å².